The predicted molar refractivity (Wildman–Crippen MR) is 66.7 cm³/mol. The van der Waals surface area contributed by atoms with E-state index in [1.165, 1.54) is 30.1 Å². The van der Waals surface area contributed by atoms with E-state index in [2.05, 4.69) is 0 Å². The van der Waals surface area contributed by atoms with Crippen molar-refractivity contribution in [3.8, 4) is 0 Å². The Hall–Kier alpha value is -1.56. The number of rotatable bonds is 4. The van der Waals surface area contributed by atoms with Crippen molar-refractivity contribution in [1.29, 1.82) is 0 Å². The number of nitrogens with zero attached hydrogens (tertiary/aromatic N) is 1. The summed E-state index contributed by atoms with van der Waals surface area (Å²) in [6.07, 6.45) is -4.00. The number of nitrogens with two attached hydrogens (primary N) is 1. The second-order valence-corrected chi connectivity index (χ2v) is 4.54. The van der Waals surface area contributed by atoms with E-state index < -0.39 is 17.6 Å². The van der Waals surface area contributed by atoms with Crippen LogP contribution in [0.2, 0.25) is 0 Å². The smallest absolute Gasteiger partial charge is 0.342 e. The Labute approximate surface area is 110 Å². The lowest BCUT2D eigenvalue weighted by Crippen LogP contribution is -2.32. The van der Waals surface area contributed by atoms with Gasteiger partial charge in [0.15, 0.2) is 0 Å². The number of hydrogen-bond acceptors (Lipinski definition) is 2. The summed E-state index contributed by atoms with van der Waals surface area (Å²) in [6, 6.07) is 4.68. The molecule has 19 heavy (non-hydrogen) atoms. The summed E-state index contributed by atoms with van der Waals surface area (Å²) in [5.74, 6) is -0.645. The Morgan fingerprint density at radius 1 is 1.37 bits per heavy atom. The summed E-state index contributed by atoms with van der Waals surface area (Å²) in [6.45, 7) is 2.10. The summed E-state index contributed by atoms with van der Waals surface area (Å²) in [4.78, 5) is 13.3. The molecular weight excluding hydrogens is 257 g/mol. The van der Waals surface area contributed by atoms with E-state index in [1.54, 1.807) is 6.92 Å². The second kappa shape index (κ2) is 6.06. The molecule has 0 radical (unpaired) electrons. The van der Waals surface area contributed by atoms with Crippen LogP contribution in [0.5, 0.6) is 0 Å². The Bertz CT molecular complexity index is 444. The van der Waals surface area contributed by atoms with Crippen molar-refractivity contribution in [2.45, 2.75) is 25.6 Å². The van der Waals surface area contributed by atoms with E-state index in [0.29, 0.717) is 13.0 Å². The van der Waals surface area contributed by atoms with Crippen molar-refractivity contribution < 1.29 is 18.0 Å². The fourth-order valence-electron chi connectivity index (χ4n) is 1.62. The monoisotopic (exact) mass is 274 g/mol. The van der Waals surface area contributed by atoms with Gasteiger partial charge in [-0.3, -0.25) is 4.79 Å². The summed E-state index contributed by atoms with van der Waals surface area (Å²) < 4.78 is 38.4. The Morgan fingerprint density at radius 3 is 2.47 bits per heavy atom. The van der Waals surface area contributed by atoms with Crippen molar-refractivity contribution in [2.75, 3.05) is 13.6 Å². The number of carbonyl (C=O) groups is 1. The minimum Gasteiger partial charge on any atom is -0.342 e. The predicted octanol–water partition coefficient (Wildman–Crippen LogP) is 2.51. The van der Waals surface area contributed by atoms with Crippen LogP contribution >= 0.6 is 0 Å². The largest absolute Gasteiger partial charge is 0.417 e. The molecule has 0 bridgehead atoms. The van der Waals surface area contributed by atoms with Crippen LogP contribution in [0.25, 0.3) is 0 Å². The number of amides is 1. The molecule has 1 unspecified atom stereocenters. The van der Waals surface area contributed by atoms with Gasteiger partial charge in [0, 0.05) is 19.6 Å². The fourth-order valence-corrected chi connectivity index (χ4v) is 1.62. The topological polar surface area (TPSA) is 46.3 Å². The molecule has 0 aliphatic heterocycles. The van der Waals surface area contributed by atoms with Crippen LogP contribution in [-0.4, -0.2) is 30.4 Å². The highest BCUT2D eigenvalue weighted by Gasteiger charge is 2.35. The lowest BCUT2D eigenvalue weighted by molar-refractivity contribution is -0.138. The van der Waals surface area contributed by atoms with Crippen LogP contribution in [0.15, 0.2) is 24.3 Å². The van der Waals surface area contributed by atoms with Gasteiger partial charge in [0.2, 0.25) is 0 Å². The second-order valence-electron chi connectivity index (χ2n) is 4.54. The summed E-state index contributed by atoms with van der Waals surface area (Å²) in [5, 5.41) is 0. The van der Waals surface area contributed by atoms with E-state index in [0.717, 1.165) is 6.07 Å². The first-order chi connectivity index (χ1) is 8.73. The van der Waals surface area contributed by atoms with E-state index >= 15 is 0 Å². The molecule has 0 fully saturated rings. The Kier molecular flexibility index (Phi) is 4.94. The van der Waals surface area contributed by atoms with Gasteiger partial charge in [-0.2, -0.15) is 13.2 Å². The molecule has 1 aromatic rings. The van der Waals surface area contributed by atoms with Gasteiger partial charge in [0.1, 0.15) is 0 Å². The summed E-state index contributed by atoms with van der Waals surface area (Å²) >= 11 is 0. The highest BCUT2D eigenvalue weighted by Crippen LogP contribution is 2.32. The van der Waals surface area contributed by atoms with Crippen LogP contribution in [0.3, 0.4) is 0 Å². The van der Waals surface area contributed by atoms with Gasteiger partial charge in [0.25, 0.3) is 5.91 Å². The van der Waals surface area contributed by atoms with Gasteiger partial charge in [-0.05, 0) is 25.5 Å². The first kappa shape index (κ1) is 15.5. The maximum Gasteiger partial charge on any atom is 0.417 e. The number of halogens is 3. The number of hydrogen-bond donors (Lipinski definition) is 1. The van der Waals surface area contributed by atoms with E-state index in [1.807, 2.05) is 0 Å². The van der Waals surface area contributed by atoms with E-state index in [4.69, 9.17) is 5.73 Å². The normalized spacial score (nSPS) is 13.2. The third-order valence-electron chi connectivity index (χ3n) is 2.73. The molecule has 0 spiro atoms. The number of carbonyl (C=O) groups excluding carboxylic acids is 1. The molecule has 1 aromatic carbocycles. The first-order valence-corrected chi connectivity index (χ1v) is 5.90. The Morgan fingerprint density at radius 2 is 1.95 bits per heavy atom. The number of benzene rings is 1. The standard InChI is InChI=1S/C13H17F3N2O/c1-9(17)7-8-18(2)12(19)10-5-3-4-6-11(10)13(14,15)16/h3-6,9H,7-8,17H2,1-2H3. The molecule has 1 rings (SSSR count). The molecule has 1 amide bonds. The van der Waals surface area contributed by atoms with Gasteiger partial charge in [0.05, 0.1) is 11.1 Å². The zero-order chi connectivity index (χ0) is 14.6. The average molecular weight is 274 g/mol. The van der Waals surface area contributed by atoms with Gasteiger partial charge in [-0.1, -0.05) is 12.1 Å². The van der Waals surface area contributed by atoms with Gasteiger partial charge in [-0.15, -0.1) is 0 Å². The minimum absolute atomic E-state index is 0.104. The molecule has 0 aliphatic carbocycles. The molecule has 6 heteroatoms. The zero-order valence-electron chi connectivity index (χ0n) is 10.9. The average Bonchev–Trinajstić information content (AvgIpc) is 2.34. The summed E-state index contributed by atoms with van der Waals surface area (Å²) in [5.41, 5.74) is 4.32. The molecule has 2 N–H and O–H groups in total. The molecule has 106 valence electrons. The molecule has 0 heterocycles. The fraction of sp³-hybridized carbons (Fsp3) is 0.462. The zero-order valence-corrected chi connectivity index (χ0v) is 10.9. The maximum absolute atomic E-state index is 12.8. The molecule has 3 nitrogen and oxygen atoms in total. The molecule has 0 saturated carbocycles. The molecule has 0 aromatic heterocycles. The van der Waals surface area contributed by atoms with Crippen LogP contribution in [0.4, 0.5) is 13.2 Å². The molecular formula is C13H17F3N2O. The molecule has 1 atom stereocenters. The van der Waals surface area contributed by atoms with Gasteiger partial charge in [-0.25, -0.2) is 0 Å². The highest BCUT2D eigenvalue weighted by atomic mass is 19.4. The van der Waals surface area contributed by atoms with E-state index in [9.17, 15) is 18.0 Å². The third-order valence-corrected chi connectivity index (χ3v) is 2.73. The molecule has 0 saturated heterocycles. The lowest BCUT2D eigenvalue weighted by atomic mass is 10.1. The SMILES string of the molecule is CC(N)CCN(C)C(=O)c1ccccc1C(F)(F)F. The maximum atomic E-state index is 12.8. The van der Waals surface area contributed by atoms with Crippen molar-refractivity contribution >= 4 is 5.91 Å². The van der Waals surface area contributed by atoms with Crippen LogP contribution in [0.1, 0.15) is 29.3 Å². The van der Waals surface area contributed by atoms with Crippen LogP contribution in [0, 0.1) is 0 Å². The van der Waals surface area contributed by atoms with Crippen molar-refractivity contribution in [2.24, 2.45) is 5.73 Å². The minimum atomic E-state index is -4.53. The lowest BCUT2D eigenvalue weighted by Gasteiger charge is -2.20. The highest BCUT2D eigenvalue weighted by molar-refractivity contribution is 5.95. The molecule has 0 aliphatic rings. The van der Waals surface area contributed by atoms with E-state index in [-0.39, 0.29) is 11.6 Å². The first-order valence-electron chi connectivity index (χ1n) is 5.90. The van der Waals surface area contributed by atoms with Crippen LogP contribution in [-0.2, 0) is 6.18 Å². The third kappa shape index (κ3) is 4.24. The Balaban J connectivity index is 2.94. The van der Waals surface area contributed by atoms with Gasteiger partial charge < -0.3 is 10.6 Å². The van der Waals surface area contributed by atoms with Gasteiger partial charge >= 0.3 is 6.18 Å². The van der Waals surface area contributed by atoms with Crippen molar-refractivity contribution in [3.63, 3.8) is 0 Å². The number of alkyl halides is 3. The van der Waals surface area contributed by atoms with Crippen molar-refractivity contribution in [3.05, 3.63) is 35.4 Å². The summed E-state index contributed by atoms with van der Waals surface area (Å²) in [7, 11) is 1.47. The quantitative estimate of drug-likeness (QED) is 0.917. The van der Waals surface area contributed by atoms with Crippen molar-refractivity contribution in [1.82, 2.24) is 4.90 Å². The van der Waals surface area contributed by atoms with Crippen LogP contribution < -0.4 is 5.73 Å².